The van der Waals surface area contributed by atoms with Crippen LogP contribution in [0.4, 0.5) is 0 Å². The van der Waals surface area contributed by atoms with E-state index >= 15 is 0 Å². The van der Waals surface area contributed by atoms with Crippen molar-refractivity contribution in [1.82, 2.24) is 0 Å². The summed E-state index contributed by atoms with van der Waals surface area (Å²) in [4.78, 5) is 0. The van der Waals surface area contributed by atoms with Gasteiger partial charge >= 0.3 is 0 Å². The van der Waals surface area contributed by atoms with E-state index in [1.165, 1.54) is 11.6 Å². The zero-order valence-electron chi connectivity index (χ0n) is 8.62. The van der Waals surface area contributed by atoms with Gasteiger partial charge in [0.2, 0.25) is 0 Å². The van der Waals surface area contributed by atoms with E-state index in [0.717, 1.165) is 31.5 Å². The van der Waals surface area contributed by atoms with E-state index in [2.05, 4.69) is 28.4 Å². The van der Waals surface area contributed by atoms with Gasteiger partial charge in [-0.25, -0.2) is 0 Å². The Morgan fingerprint density at radius 1 is 1.08 bits per heavy atom. The lowest BCUT2D eigenvalue weighted by Gasteiger charge is -1.97. The maximum atomic E-state index is 5.22. The Kier molecular flexibility index (Phi) is 10.1. The van der Waals surface area contributed by atoms with Crippen molar-refractivity contribution in [2.75, 3.05) is 0 Å². The Balaban J connectivity index is 0.000000424. The first-order valence-corrected chi connectivity index (χ1v) is 8.30. The maximum absolute atomic E-state index is 5.22. The van der Waals surface area contributed by atoms with Gasteiger partial charge in [-0.15, -0.1) is 0 Å². The summed E-state index contributed by atoms with van der Waals surface area (Å²) in [6.45, 7) is 0. The molecule has 74 valence electrons. The molecule has 0 spiro atoms. The normalized spacial score (nSPS) is 10.5. The lowest BCUT2D eigenvalue weighted by Crippen LogP contribution is -1.99. The van der Waals surface area contributed by atoms with Crippen molar-refractivity contribution in [3.05, 3.63) is 35.9 Å². The fraction of sp³-hybridized carbons (Fsp3) is 0.143. The third-order valence-corrected chi connectivity index (χ3v) is 3.85. The molecule has 0 saturated heterocycles. The standard InChI is InChI=1S/C7H12OSi2.H6OSi2/c9-8-10-6-7-4-2-1-3-5-7;2-1-3/h1-5H,6,10H2,9H3;2-3H3. The number of hydrogen-bond acceptors (Lipinski definition) is 2. The molecule has 1 aromatic carbocycles. The predicted molar refractivity (Wildman–Crippen MR) is 70.7 cm³/mol. The third-order valence-electron chi connectivity index (χ3n) is 1.44. The second-order valence-electron chi connectivity index (χ2n) is 2.64. The molecule has 0 aliphatic carbocycles. The molecule has 0 unspecified atom stereocenters. The van der Waals surface area contributed by atoms with Crippen LogP contribution in [0.5, 0.6) is 0 Å². The molecule has 0 saturated carbocycles. The van der Waals surface area contributed by atoms with Crippen LogP contribution in [0.1, 0.15) is 5.56 Å². The minimum absolute atomic E-state index is 0.215. The fourth-order valence-corrected chi connectivity index (χ4v) is 2.25. The molecule has 0 aromatic heterocycles. The lowest BCUT2D eigenvalue weighted by molar-refractivity contribution is 0.660. The van der Waals surface area contributed by atoms with Gasteiger partial charge in [-0.3, -0.25) is 0 Å². The van der Waals surface area contributed by atoms with Crippen molar-refractivity contribution in [3.8, 4) is 0 Å². The van der Waals surface area contributed by atoms with E-state index < -0.39 is 0 Å². The lowest BCUT2D eigenvalue weighted by atomic mass is 10.2. The molecule has 1 aromatic rings. The molecule has 1 rings (SSSR count). The summed E-state index contributed by atoms with van der Waals surface area (Å²) in [5, 5.41) is 0. The van der Waals surface area contributed by atoms with Crippen LogP contribution in [-0.2, 0) is 14.3 Å². The summed E-state index contributed by atoms with van der Waals surface area (Å²) < 4.78 is 9.75. The molecule has 0 N–H and O–H groups in total. The highest BCUT2D eigenvalue weighted by Crippen LogP contribution is 1.97. The van der Waals surface area contributed by atoms with Gasteiger partial charge in [-0.1, -0.05) is 30.3 Å². The summed E-state index contributed by atoms with van der Waals surface area (Å²) in [6.07, 6.45) is 0. The minimum Gasteiger partial charge on any atom is -0.471 e. The molecular formula is C7H18O2Si4. The SMILES string of the molecule is [SiH3]O[SiH2]Cc1ccccc1.[SiH3]O[SiH3]. The largest absolute Gasteiger partial charge is 0.471 e. The van der Waals surface area contributed by atoms with Gasteiger partial charge in [0.15, 0.2) is 0 Å². The highest BCUT2D eigenvalue weighted by atomic mass is 28.3. The second-order valence-corrected chi connectivity index (χ2v) is 9.12. The molecule has 0 radical (unpaired) electrons. The Labute approximate surface area is 91.6 Å². The number of rotatable bonds is 3. The Morgan fingerprint density at radius 3 is 2.08 bits per heavy atom. The molecule has 13 heavy (non-hydrogen) atoms. The first kappa shape index (κ1) is 13.0. The van der Waals surface area contributed by atoms with Gasteiger partial charge in [-0.2, -0.15) is 0 Å². The average Bonchev–Trinajstić information content (AvgIpc) is 2.18. The molecule has 0 aliphatic rings. The van der Waals surface area contributed by atoms with Crippen molar-refractivity contribution >= 4 is 41.2 Å². The predicted octanol–water partition coefficient (Wildman–Crippen LogP) is -2.87. The van der Waals surface area contributed by atoms with E-state index in [-0.39, 0.29) is 9.76 Å². The molecule has 0 atom stereocenters. The monoisotopic (exact) mass is 246 g/mol. The fourth-order valence-electron chi connectivity index (χ4n) is 0.865. The molecule has 6 heteroatoms. The number of hydrogen-bond donors (Lipinski definition) is 0. The highest BCUT2D eigenvalue weighted by molar-refractivity contribution is 6.33. The molecule has 0 bridgehead atoms. The van der Waals surface area contributed by atoms with E-state index in [0.29, 0.717) is 0 Å². The van der Waals surface area contributed by atoms with Gasteiger partial charge in [0.25, 0.3) is 0 Å². The van der Waals surface area contributed by atoms with Crippen molar-refractivity contribution in [1.29, 1.82) is 0 Å². The Morgan fingerprint density at radius 2 is 1.62 bits per heavy atom. The first-order valence-electron chi connectivity index (χ1n) is 4.28. The number of benzene rings is 1. The van der Waals surface area contributed by atoms with Crippen molar-refractivity contribution in [3.63, 3.8) is 0 Å². The van der Waals surface area contributed by atoms with Crippen molar-refractivity contribution in [2.45, 2.75) is 6.04 Å². The molecule has 0 aliphatic heterocycles. The third kappa shape index (κ3) is 8.34. The van der Waals surface area contributed by atoms with Gasteiger partial charge < -0.3 is 8.23 Å². The molecule has 0 heterocycles. The van der Waals surface area contributed by atoms with Gasteiger partial charge in [0, 0.05) is 0 Å². The van der Waals surface area contributed by atoms with Crippen molar-refractivity contribution < 1.29 is 8.23 Å². The van der Waals surface area contributed by atoms with E-state index in [4.69, 9.17) is 4.12 Å². The molecule has 0 fully saturated rings. The highest BCUT2D eigenvalue weighted by Gasteiger charge is 1.88. The maximum Gasteiger partial charge on any atom is 0.150 e. The van der Waals surface area contributed by atoms with Crippen LogP contribution in [0.15, 0.2) is 30.3 Å². The van der Waals surface area contributed by atoms with E-state index in [9.17, 15) is 0 Å². The van der Waals surface area contributed by atoms with E-state index in [1.54, 1.807) is 0 Å². The average molecular weight is 247 g/mol. The first-order chi connectivity index (χ1) is 6.35. The topological polar surface area (TPSA) is 18.5 Å². The summed E-state index contributed by atoms with van der Waals surface area (Å²) in [5.41, 5.74) is 1.42. The van der Waals surface area contributed by atoms with Crippen LogP contribution in [0.3, 0.4) is 0 Å². The van der Waals surface area contributed by atoms with E-state index in [1.807, 2.05) is 6.07 Å². The smallest absolute Gasteiger partial charge is 0.150 e. The zero-order valence-corrected chi connectivity index (χ0v) is 16.0. The van der Waals surface area contributed by atoms with Crippen LogP contribution in [0.2, 0.25) is 0 Å². The second kappa shape index (κ2) is 10.1. The van der Waals surface area contributed by atoms with Crippen molar-refractivity contribution in [2.24, 2.45) is 0 Å². The molecular weight excluding hydrogens is 228 g/mol. The van der Waals surface area contributed by atoms with Gasteiger partial charge in [-0.05, 0) is 11.6 Å². The molecule has 0 amide bonds. The van der Waals surface area contributed by atoms with Crippen LogP contribution < -0.4 is 0 Å². The van der Waals surface area contributed by atoms with Crippen LogP contribution in [-0.4, -0.2) is 41.2 Å². The quantitative estimate of drug-likeness (QED) is 0.534. The Bertz CT molecular complexity index is 195. The minimum atomic E-state index is -0.215. The van der Waals surface area contributed by atoms with Gasteiger partial charge in [0.05, 0.1) is 0 Å². The van der Waals surface area contributed by atoms with Crippen LogP contribution in [0.25, 0.3) is 0 Å². The van der Waals surface area contributed by atoms with Gasteiger partial charge in [0.1, 0.15) is 41.2 Å². The summed E-state index contributed by atoms with van der Waals surface area (Å²) in [5.74, 6) is 0. The Hall–Kier alpha value is 0.00753. The summed E-state index contributed by atoms with van der Waals surface area (Å²) in [7, 11) is 2.56. The summed E-state index contributed by atoms with van der Waals surface area (Å²) in [6, 6.07) is 11.7. The zero-order chi connectivity index (χ0) is 9.94. The van der Waals surface area contributed by atoms with Crippen LogP contribution in [0, 0.1) is 0 Å². The summed E-state index contributed by atoms with van der Waals surface area (Å²) >= 11 is 0. The molecule has 2 nitrogen and oxygen atoms in total. The van der Waals surface area contributed by atoms with Crippen LogP contribution >= 0.6 is 0 Å².